The molecule has 37 heavy (non-hydrogen) atoms. The van der Waals surface area contributed by atoms with Crippen LogP contribution in [0.3, 0.4) is 0 Å². The molecule has 2 N–H and O–H groups in total. The molecule has 2 aromatic carbocycles. The Bertz CT molecular complexity index is 1260. The van der Waals surface area contributed by atoms with Crippen molar-refractivity contribution in [2.24, 2.45) is 5.92 Å². The number of pyridine rings is 1. The first-order chi connectivity index (χ1) is 18.0. The minimum absolute atomic E-state index is 0.0561. The highest BCUT2D eigenvalue weighted by Gasteiger charge is 2.22. The quantitative estimate of drug-likeness (QED) is 0.488. The fraction of sp³-hybridized carbons (Fsp3) is 0.367. The number of aromatic nitrogens is 1. The molecule has 1 saturated heterocycles. The summed E-state index contributed by atoms with van der Waals surface area (Å²) in [5.41, 5.74) is 5.72. The molecule has 0 radical (unpaired) electrons. The van der Waals surface area contributed by atoms with Crippen LogP contribution in [0.25, 0.3) is 11.3 Å². The van der Waals surface area contributed by atoms with Gasteiger partial charge in [0.1, 0.15) is 0 Å². The van der Waals surface area contributed by atoms with Crippen molar-refractivity contribution in [1.82, 2.24) is 20.1 Å². The number of hydrogen-bond donors (Lipinski definition) is 2. The standard InChI is InChI=1S/C30H35N5O2/c1-21-7-10-23(29(36)32-18-22-8-9-22)17-26(21)28-12-11-24(19-31-28)30(37)33-27-6-4-3-5-25(27)20-35-15-13-34(2)14-16-35/h3-7,10-12,17,19,22H,8-9,13-16,18,20H2,1-2H3,(H,32,36)(H,33,37). The number of rotatable bonds is 8. The summed E-state index contributed by atoms with van der Waals surface area (Å²) in [6.45, 7) is 7.70. The predicted octanol–water partition coefficient (Wildman–Crippen LogP) is 4.20. The van der Waals surface area contributed by atoms with Crippen LogP contribution in [0.4, 0.5) is 5.69 Å². The molecule has 2 amide bonds. The van der Waals surface area contributed by atoms with Gasteiger partial charge in [0.15, 0.2) is 0 Å². The van der Waals surface area contributed by atoms with Crippen LogP contribution in [0.1, 0.15) is 44.7 Å². The molecule has 1 aliphatic heterocycles. The van der Waals surface area contributed by atoms with Gasteiger partial charge in [0.25, 0.3) is 11.8 Å². The molecule has 1 aromatic heterocycles. The number of hydrogen-bond acceptors (Lipinski definition) is 5. The number of nitrogens with one attached hydrogen (secondary N) is 2. The van der Waals surface area contributed by atoms with E-state index in [4.69, 9.17) is 0 Å². The topological polar surface area (TPSA) is 77.6 Å². The first-order valence-corrected chi connectivity index (χ1v) is 13.1. The lowest BCUT2D eigenvalue weighted by Gasteiger charge is -2.32. The maximum Gasteiger partial charge on any atom is 0.257 e. The molecule has 0 bridgehead atoms. The SMILES string of the molecule is Cc1ccc(C(=O)NCC2CC2)cc1-c1ccc(C(=O)Nc2ccccc2CN2CCN(C)CC2)cn1. The molecule has 2 fully saturated rings. The molecular formula is C30H35N5O2. The number of likely N-dealkylation sites (N-methyl/N-ethyl adjacent to an activating group) is 1. The molecule has 5 rings (SSSR count). The van der Waals surface area contributed by atoms with Gasteiger partial charge in [0, 0.05) is 62.3 Å². The van der Waals surface area contributed by atoms with Crippen molar-refractivity contribution in [3.8, 4) is 11.3 Å². The number of anilines is 1. The molecule has 0 spiro atoms. The van der Waals surface area contributed by atoms with Crippen molar-refractivity contribution in [2.45, 2.75) is 26.3 Å². The number of nitrogens with zero attached hydrogens (tertiary/aromatic N) is 3. The molecule has 7 nitrogen and oxygen atoms in total. The summed E-state index contributed by atoms with van der Waals surface area (Å²) in [5, 5.41) is 6.10. The zero-order valence-corrected chi connectivity index (χ0v) is 21.7. The summed E-state index contributed by atoms with van der Waals surface area (Å²) in [5.74, 6) is 0.391. The van der Waals surface area contributed by atoms with Crippen LogP contribution in [-0.4, -0.2) is 66.4 Å². The third kappa shape index (κ3) is 6.42. The Balaban J connectivity index is 1.26. The molecule has 3 aromatic rings. The Labute approximate surface area is 218 Å². The summed E-state index contributed by atoms with van der Waals surface area (Å²) in [6, 6.07) is 17.3. The Kier molecular flexibility index (Phi) is 7.63. The summed E-state index contributed by atoms with van der Waals surface area (Å²) in [7, 11) is 2.15. The van der Waals surface area contributed by atoms with Gasteiger partial charge in [-0.3, -0.25) is 19.5 Å². The van der Waals surface area contributed by atoms with Gasteiger partial charge in [-0.2, -0.15) is 0 Å². The van der Waals surface area contributed by atoms with E-state index in [1.54, 1.807) is 12.3 Å². The van der Waals surface area contributed by atoms with Gasteiger partial charge in [-0.15, -0.1) is 0 Å². The van der Waals surface area contributed by atoms with Crippen molar-refractivity contribution in [1.29, 1.82) is 0 Å². The molecule has 192 valence electrons. The van der Waals surface area contributed by atoms with Gasteiger partial charge in [-0.25, -0.2) is 0 Å². The van der Waals surface area contributed by atoms with Crippen molar-refractivity contribution in [2.75, 3.05) is 45.1 Å². The molecule has 2 heterocycles. The third-order valence-electron chi connectivity index (χ3n) is 7.31. The monoisotopic (exact) mass is 497 g/mol. The highest BCUT2D eigenvalue weighted by atomic mass is 16.2. The van der Waals surface area contributed by atoms with E-state index in [1.807, 2.05) is 49.4 Å². The first-order valence-electron chi connectivity index (χ1n) is 13.1. The average molecular weight is 498 g/mol. The number of benzene rings is 2. The van der Waals surface area contributed by atoms with Crippen LogP contribution in [0.2, 0.25) is 0 Å². The highest BCUT2D eigenvalue weighted by molar-refractivity contribution is 6.04. The smallest absolute Gasteiger partial charge is 0.257 e. The number of para-hydroxylation sites is 1. The molecule has 1 saturated carbocycles. The van der Waals surface area contributed by atoms with Crippen LogP contribution < -0.4 is 10.6 Å². The Morgan fingerprint density at radius 2 is 1.70 bits per heavy atom. The number of amides is 2. The van der Waals surface area contributed by atoms with Crippen LogP contribution in [0.5, 0.6) is 0 Å². The van der Waals surface area contributed by atoms with E-state index in [2.05, 4.69) is 38.5 Å². The minimum atomic E-state index is -0.185. The van der Waals surface area contributed by atoms with Gasteiger partial charge in [0.2, 0.25) is 0 Å². The second kappa shape index (κ2) is 11.2. The molecular weight excluding hydrogens is 462 g/mol. The van der Waals surface area contributed by atoms with E-state index >= 15 is 0 Å². The summed E-state index contributed by atoms with van der Waals surface area (Å²) in [4.78, 5) is 35.0. The number of piperazine rings is 1. The highest BCUT2D eigenvalue weighted by Crippen LogP contribution is 2.28. The van der Waals surface area contributed by atoms with Gasteiger partial charge in [0.05, 0.1) is 11.3 Å². The average Bonchev–Trinajstić information content (AvgIpc) is 3.75. The van der Waals surface area contributed by atoms with Crippen molar-refractivity contribution < 1.29 is 9.59 Å². The third-order valence-corrected chi connectivity index (χ3v) is 7.31. The van der Waals surface area contributed by atoms with E-state index in [1.165, 1.54) is 12.8 Å². The largest absolute Gasteiger partial charge is 0.352 e. The number of carbonyl (C=O) groups is 2. The fourth-order valence-electron chi connectivity index (χ4n) is 4.61. The molecule has 7 heteroatoms. The molecule has 1 aliphatic carbocycles. The Morgan fingerprint density at radius 1 is 0.946 bits per heavy atom. The van der Waals surface area contributed by atoms with Crippen LogP contribution in [-0.2, 0) is 6.54 Å². The summed E-state index contributed by atoms with van der Waals surface area (Å²) in [6.07, 6.45) is 4.00. The molecule has 0 unspecified atom stereocenters. The van der Waals surface area contributed by atoms with Crippen molar-refractivity contribution in [3.05, 3.63) is 83.0 Å². The zero-order chi connectivity index (χ0) is 25.8. The van der Waals surface area contributed by atoms with E-state index in [0.717, 1.165) is 67.3 Å². The van der Waals surface area contributed by atoms with Crippen LogP contribution in [0, 0.1) is 12.8 Å². The van der Waals surface area contributed by atoms with Gasteiger partial charge in [-0.05, 0) is 74.2 Å². The normalized spacial score (nSPS) is 16.4. The predicted molar refractivity (Wildman–Crippen MR) is 147 cm³/mol. The number of carbonyl (C=O) groups excluding carboxylic acids is 2. The van der Waals surface area contributed by atoms with Crippen molar-refractivity contribution in [3.63, 3.8) is 0 Å². The second-order valence-corrected chi connectivity index (χ2v) is 10.3. The van der Waals surface area contributed by atoms with Gasteiger partial charge < -0.3 is 15.5 Å². The summed E-state index contributed by atoms with van der Waals surface area (Å²) < 4.78 is 0. The summed E-state index contributed by atoms with van der Waals surface area (Å²) >= 11 is 0. The number of aryl methyl sites for hydroxylation is 1. The first kappa shape index (κ1) is 25.1. The van der Waals surface area contributed by atoms with E-state index < -0.39 is 0 Å². The lowest BCUT2D eigenvalue weighted by molar-refractivity contribution is 0.0951. The lowest BCUT2D eigenvalue weighted by atomic mass is 10.0. The molecule has 2 aliphatic rings. The Morgan fingerprint density at radius 3 is 2.43 bits per heavy atom. The maximum atomic E-state index is 13.1. The second-order valence-electron chi connectivity index (χ2n) is 10.3. The fourth-order valence-corrected chi connectivity index (χ4v) is 4.61. The van der Waals surface area contributed by atoms with E-state index in [-0.39, 0.29) is 11.8 Å². The van der Waals surface area contributed by atoms with Crippen LogP contribution >= 0.6 is 0 Å². The lowest BCUT2D eigenvalue weighted by Crippen LogP contribution is -2.43. The molecule has 0 atom stereocenters. The van der Waals surface area contributed by atoms with E-state index in [0.29, 0.717) is 17.0 Å². The van der Waals surface area contributed by atoms with Gasteiger partial charge in [-0.1, -0.05) is 24.3 Å². The zero-order valence-electron chi connectivity index (χ0n) is 21.7. The van der Waals surface area contributed by atoms with Gasteiger partial charge >= 0.3 is 0 Å². The maximum absolute atomic E-state index is 13.1. The van der Waals surface area contributed by atoms with Crippen molar-refractivity contribution >= 4 is 17.5 Å². The Hall–Kier alpha value is -3.55. The van der Waals surface area contributed by atoms with E-state index in [9.17, 15) is 9.59 Å². The minimum Gasteiger partial charge on any atom is -0.352 e. The van der Waals surface area contributed by atoms with Crippen LogP contribution in [0.15, 0.2) is 60.8 Å².